The van der Waals surface area contributed by atoms with Gasteiger partial charge in [-0.1, -0.05) is 12.1 Å². The molecule has 0 fully saturated rings. The molecule has 0 saturated carbocycles. The maximum absolute atomic E-state index is 11.8. The van der Waals surface area contributed by atoms with Gasteiger partial charge in [0.05, 0.1) is 18.7 Å². The van der Waals surface area contributed by atoms with Crippen LogP contribution in [0.25, 0.3) is 0 Å². The van der Waals surface area contributed by atoms with Crippen molar-refractivity contribution in [2.45, 2.75) is 13.3 Å². The molecule has 96 valence electrons. The van der Waals surface area contributed by atoms with E-state index in [4.69, 9.17) is 9.47 Å². The zero-order valence-corrected chi connectivity index (χ0v) is 10.2. The largest absolute Gasteiger partial charge is 0.482 e. The predicted molar refractivity (Wildman–Crippen MR) is 65.5 cm³/mol. The molecular weight excluding hydrogens is 234 g/mol. The molecule has 18 heavy (non-hydrogen) atoms. The Morgan fingerprint density at radius 2 is 2.22 bits per heavy atom. The molecule has 0 aliphatic carbocycles. The lowest BCUT2D eigenvalue weighted by Gasteiger charge is -2.28. The van der Waals surface area contributed by atoms with Gasteiger partial charge in [-0.15, -0.1) is 0 Å². The molecule has 2 rings (SSSR count). The van der Waals surface area contributed by atoms with Crippen molar-refractivity contribution >= 4 is 17.6 Å². The van der Waals surface area contributed by atoms with Crippen molar-refractivity contribution < 1.29 is 19.1 Å². The second kappa shape index (κ2) is 5.53. The fraction of sp³-hybridized carbons (Fsp3) is 0.385. The third kappa shape index (κ3) is 2.61. The molecule has 0 radical (unpaired) electrons. The van der Waals surface area contributed by atoms with Crippen LogP contribution >= 0.6 is 0 Å². The van der Waals surface area contributed by atoms with Crippen molar-refractivity contribution in [3.05, 3.63) is 24.3 Å². The number of esters is 1. The topological polar surface area (TPSA) is 55.8 Å². The van der Waals surface area contributed by atoms with Crippen LogP contribution < -0.4 is 9.64 Å². The second-order valence-corrected chi connectivity index (χ2v) is 3.86. The number of anilines is 1. The van der Waals surface area contributed by atoms with Crippen LogP contribution in [0.2, 0.25) is 0 Å². The summed E-state index contributed by atoms with van der Waals surface area (Å²) in [6, 6.07) is 7.28. The number of carbonyl (C=O) groups is 2. The Kier molecular flexibility index (Phi) is 3.82. The van der Waals surface area contributed by atoms with Crippen molar-refractivity contribution in [3.63, 3.8) is 0 Å². The van der Waals surface area contributed by atoms with Gasteiger partial charge >= 0.3 is 5.97 Å². The number of nitrogens with zero attached hydrogens (tertiary/aromatic N) is 1. The summed E-state index contributed by atoms with van der Waals surface area (Å²) in [4.78, 5) is 24.7. The van der Waals surface area contributed by atoms with Crippen LogP contribution in [0.1, 0.15) is 13.3 Å². The van der Waals surface area contributed by atoms with E-state index in [1.807, 2.05) is 12.1 Å². The van der Waals surface area contributed by atoms with Crippen LogP contribution in [0.15, 0.2) is 24.3 Å². The third-order valence-corrected chi connectivity index (χ3v) is 2.65. The quantitative estimate of drug-likeness (QED) is 0.756. The molecule has 0 unspecified atom stereocenters. The summed E-state index contributed by atoms with van der Waals surface area (Å²) in [5.74, 6) is 0.230. The van der Waals surface area contributed by atoms with Crippen LogP contribution in [0, 0.1) is 0 Å². The molecule has 1 amide bonds. The number of rotatable bonds is 4. The molecule has 0 atom stereocenters. The highest BCUT2D eigenvalue weighted by Gasteiger charge is 2.25. The number of carbonyl (C=O) groups excluding carboxylic acids is 2. The normalized spacial score (nSPS) is 13.8. The first-order valence-corrected chi connectivity index (χ1v) is 5.90. The van der Waals surface area contributed by atoms with E-state index >= 15 is 0 Å². The molecule has 0 saturated heterocycles. The predicted octanol–water partition coefficient (Wildman–Crippen LogP) is 1.37. The minimum absolute atomic E-state index is 0.0137. The fourth-order valence-electron chi connectivity index (χ4n) is 1.84. The van der Waals surface area contributed by atoms with E-state index in [-0.39, 0.29) is 24.9 Å². The summed E-state index contributed by atoms with van der Waals surface area (Å²) in [5, 5.41) is 0. The molecule has 0 spiro atoms. The van der Waals surface area contributed by atoms with E-state index in [9.17, 15) is 9.59 Å². The maximum Gasteiger partial charge on any atom is 0.307 e. The number of hydrogen-bond acceptors (Lipinski definition) is 4. The smallest absolute Gasteiger partial charge is 0.307 e. The lowest BCUT2D eigenvalue weighted by Crippen LogP contribution is -2.40. The van der Waals surface area contributed by atoms with E-state index in [0.717, 1.165) is 0 Å². The first kappa shape index (κ1) is 12.4. The van der Waals surface area contributed by atoms with Gasteiger partial charge < -0.3 is 14.4 Å². The number of ether oxygens (including phenoxy) is 2. The van der Waals surface area contributed by atoms with Crippen LogP contribution in [0.4, 0.5) is 5.69 Å². The Bertz CT molecular complexity index is 458. The Morgan fingerprint density at radius 1 is 1.44 bits per heavy atom. The van der Waals surface area contributed by atoms with Gasteiger partial charge in [-0.3, -0.25) is 9.59 Å². The first-order valence-electron chi connectivity index (χ1n) is 5.90. The number of amides is 1. The summed E-state index contributed by atoms with van der Waals surface area (Å²) in [6.07, 6.45) is 0.188. The zero-order chi connectivity index (χ0) is 13.0. The zero-order valence-electron chi connectivity index (χ0n) is 10.2. The van der Waals surface area contributed by atoms with Gasteiger partial charge in [-0.2, -0.15) is 0 Å². The van der Waals surface area contributed by atoms with E-state index in [1.165, 1.54) is 0 Å². The summed E-state index contributed by atoms with van der Waals surface area (Å²) in [7, 11) is 0. The standard InChI is InChI=1S/C13H15NO4/c1-2-17-13(16)7-8-14-10-5-3-4-6-11(10)18-9-12(14)15/h3-6H,2,7-9H2,1H3. The molecule has 1 aromatic carbocycles. The molecule has 5 nitrogen and oxygen atoms in total. The highest BCUT2D eigenvalue weighted by molar-refractivity contribution is 5.98. The number of fused-ring (bicyclic) bond motifs is 1. The summed E-state index contributed by atoms with van der Waals surface area (Å²) >= 11 is 0. The average Bonchev–Trinajstić information content (AvgIpc) is 2.38. The van der Waals surface area contributed by atoms with Crippen molar-refractivity contribution in [2.24, 2.45) is 0 Å². The van der Waals surface area contributed by atoms with Crippen molar-refractivity contribution in [1.29, 1.82) is 0 Å². The Balaban J connectivity index is 2.07. The molecular formula is C13H15NO4. The Morgan fingerprint density at radius 3 is 3.00 bits per heavy atom. The maximum atomic E-state index is 11.8. The SMILES string of the molecule is CCOC(=O)CCN1C(=O)COc2ccccc21. The number of para-hydroxylation sites is 2. The minimum Gasteiger partial charge on any atom is -0.482 e. The third-order valence-electron chi connectivity index (χ3n) is 2.65. The Hall–Kier alpha value is -2.04. The molecule has 5 heteroatoms. The number of benzene rings is 1. The molecule has 1 aromatic rings. The second-order valence-electron chi connectivity index (χ2n) is 3.86. The van der Waals surface area contributed by atoms with E-state index < -0.39 is 0 Å². The van der Waals surface area contributed by atoms with E-state index in [2.05, 4.69) is 0 Å². The molecule has 0 aromatic heterocycles. The summed E-state index contributed by atoms with van der Waals surface area (Å²) in [5.41, 5.74) is 0.707. The van der Waals surface area contributed by atoms with Gasteiger partial charge in [0.15, 0.2) is 6.61 Å². The lowest BCUT2D eigenvalue weighted by atomic mass is 10.2. The van der Waals surface area contributed by atoms with Crippen LogP contribution in [0.3, 0.4) is 0 Å². The summed E-state index contributed by atoms with van der Waals surface area (Å²) < 4.78 is 10.2. The Labute approximate surface area is 105 Å². The van der Waals surface area contributed by atoms with Gasteiger partial charge in [0.1, 0.15) is 5.75 Å². The van der Waals surface area contributed by atoms with Crippen molar-refractivity contribution in [1.82, 2.24) is 0 Å². The van der Waals surface area contributed by atoms with Gasteiger partial charge in [-0.05, 0) is 19.1 Å². The highest BCUT2D eigenvalue weighted by atomic mass is 16.5. The monoisotopic (exact) mass is 249 g/mol. The molecule has 0 N–H and O–H groups in total. The fourth-order valence-corrected chi connectivity index (χ4v) is 1.84. The summed E-state index contributed by atoms with van der Waals surface area (Å²) in [6.45, 7) is 2.44. The van der Waals surface area contributed by atoms with E-state index in [0.29, 0.717) is 24.6 Å². The van der Waals surface area contributed by atoms with Gasteiger partial charge in [0.25, 0.3) is 5.91 Å². The van der Waals surface area contributed by atoms with E-state index in [1.54, 1.807) is 24.0 Å². The van der Waals surface area contributed by atoms with Crippen LogP contribution in [0.5, 0.6) is 5.75 Å². The van der Waals surface area contributed by atoms with Gasteiger partial charge in [0.2, 0.25) is 0 Å². The van der Waals surface area contributed by atoms with Crippen molar-refractivity contribution in [2.75, 3.05) is 24.7 Å². The van der Waals surface area contributed by atoms with Crippen molar-refractivity contribution in [3.8, 4) is 5.75 Å². The first-order chi connectivity index (χ1) is 8.72. The van der Waals surface area contributed by atoms with Gasteiger partial charge in [-0.25, -0.2) is 0 Å². The molecule has 1 aliphatic rings. The van der Waals surface area contributed by atoms with Crippen LogP contribution in [-0.4, -0.2) is 31.6 Å². The van der Waals surface area contributed by atoms with Crippen LogP contribution in [-0.2, 0) is 14.3 Å². The number of hydrogen-bond donors (Lipinski definition) is 0. The van der Waals surface area contributed by atoms with Gasteiger partial charge in [0, 0.05) is 6.54 Å². The minimum atomic E-state index is -0.297. The highest BCUT2D eigenvalue weighted by Crippen LogP contribution is 2.31. The molecule has 1 heterocycles. The molecule has 0 bridgehead atoms. The average molecular weight is 249 g/mol. The lowest BCUT2D eigenvalue weighted by molar-refractivity contribution is -0.142. The molecule has 1 aliphatic heterocycles.